The van der Waals surface area contributed by atoms with Gasteiger partial charge in [0, 0.05) is 16.9 Å². The van der Waals surface area contributed by atoms with Crippen molar-refractivity contribution in [3.05, 3.63) is 153 Å². The second-order valence-electron chi connectivity index (χ2n) is 9.54. The van der Waals surface area contributed by atoms with Crippen molar-refractivity contribution in [2.75, 3.05) is 0 Å². The molecular formula is C33H23Cl. The minimum Gasteiger partial charge on any atom is -0.0843 e. The molecule has 1 unspecified atom stereocenters. The standard InChI is InChI=1S/C33H23Cl/c1-20-14-15-30-31(16-20)26-10-4-7-13-29(26)33(30)22-17-21(18-23(34)19-22)32-27-11-5-2-8-24(27)25-9-3-6-12-28(25)32/h2-19,32-33H,1H3. The molecule has 1 atom stereocenters. The molecule has 0 radical (unpaired) electrons. The first-order valence-corrected chi connectivity index (χ1v) is 12.3. The summed E-state index contributed by atoms with van der Waals surface area (Å²) < 4.78 is 0. The summed E-state index contributed by atoms with van der Waals surface area (Å²) in [5.74, 6) is 0.384. The van der Waals surface area contributed by atoms with Crippen molar-refractivity contribution in [2.24, 2.45) is 0 Å². The summed E-state index contributed by atoms with van der Waals surface area (Å²) in [5.41, 5.74) is 14.6. The number of hydrogen-bond acceptors (Lipinski definition) is 0. The van der Waals surface area contributed by atoms with Crippen LogP contribution >= 0.6 is 11.6 Å². The van der Waals surface area contributed by atoms with Crippen molar-refractivity contribution in [3.63, 3.8) is 0 Å². The minimum atomic E-state index is 0.191. The van der Waals surface area contributed by atoms with Gasteiger partial charge >= 0.3 is 0 Å². The molecule has 0 heterocycles. The highest BCUT2D eigenvalue weighted by atomic mass is 35.5. The van der Waals surface area contributed by atoms with Crippen molar-refractivity contribution in [3.8, 4) is 22.3 Å². The molecule has 0 bridgehead atoms. The number of halogens is 1. The van der Waals surface area contributed by atoms with E-state index in [2.05, 4.69) is 116 Å². The van der Waals surface area contributed by atoms with E-state index in [4.69, 9.17) is 11.6 Å². The van der Waals surface area contributed by atoms with Crippen LogP contribution in [0.1, 0.15) is 50.8 Å². The predicted molar refractivity (Wildman–Crippen MR) is 142 cm³/mol. The van der Waals surface area contributed by atoms with Crippen molar-refractivity contribution < 1.29 is 0 Å². The summed E-state index contributed by atoms with van der Waals surface area (Å²) in [7, 11) is 0. The van der Waals surface area contributed by atoms with Gasteiger partial charge in [0.2, 0.25) is 0 Å². The molecule has 0 amide bonds. The lowest BCUT2D eigenvalue weighted by Crippen LogP contribution is -2.04. The van der Waals surface area contributed by atoms with Gasteiger partial charge in [0.05, 0.1) is 0 Å². The lowest BCUT2D eigenvalue weighted by atomic mass is 9.84. The van der Waals surface area contributed by atoms with Crippen LogP contribution in [-0.4, -0.2) is 0 Å². The summed E-state index contributed by atoms with van der Waals surface area (Å²) in [6, 6.07) is 40.0. The Morgan fingerprint density at radius 2 is 0.912 bits per heavy atom. The summed E-state index contributed by atoms with van der Waals surface area (Å²) in [4.78, 5) is 0. The normalized spacial score (nSPS) is 15.5. The van der Waals surface area contributed by atoms with Gasteiger partial charge in [-0.15, -0.1) is 0 Å². The highest BCUT2D eigenvalue weighted by Crippen LogP contribution is 2.51. The van der Waals surface area contributed by atoms with Gasteiger partial charge in [-0.25, -0.2) is 0 Å². The third kappa shape index (κ3) is 2.85. The average Bonchev–Trinajstić information content (AvgIpc) is 3.36. The zero-order chi connectivity index (χ0) is 22.8. The van der Waals surface area contributed by atoms with Gasteiger partial charge < -0.3 is 0 Å². The van der Waals surface area contributed by atoms with E-state index in [9.17, 15) is 0 Å². The van der Waals surface area contributed by atoms with E-state index in [1.165, 1.54) is 61.2 Å². The smallest absolute Gasteiger partial charge is 0.0412 e. The Kier molecular flexibility index (Phi) is 4.34. The van der Waals surface area contributed by atoms with Gasteiger partial charge in [0.15, 0.2) is 0 Å². The van der Waals surface area contributed by atoms with Crippen molar-refractivity contribution in [1.82, 2.24) is 0 Å². The fourth-order valence-electron chi connectivity index (χ4n) is 6.16. The molecule has 0 nitrogen and oxygen atoms in total. The van der Waals surface area contributed by atoms with Crippen LogP contribution in [-0.2, 0) is 0 Å². The van der Waals surface area contributed by atoms with Gasteiger partial charge in [0.25, 0.3) is 0 Å². The second kappa shape index (κ2) is 7.45. The molecule has 0 spiro atoms. The summed E-state index contributed by atoms with van der Waals surface area (Å²) in [5, 5.41) is 0.799. The highest BCUT2D eigenvalue weighted by molar-refractivity contribution is 6.30. The minimum absolute atomic E-state index is 0.191. The number of aryl methyl sites for hydroxylation is 1. The molecule has 34 heavy (non-hydrogen) atoms. The molecule has 7 rings (SSSR count). The topological polar surface area (TPSA) is 0 Å². The van der Waals surface area contributed by atoms with E-state index >= 15 is 0 Å². The molecule has 0 fully saturated rings. The maximum atomic E-state index is 6.84. The van der Waals surface area contributed by atoms with Crippen molar-refractivity contribution in [2.45, 2.75) is 18.8 Å². The number of fused-ring (bicyclic) bond motifs is 6. The zero-order valence-electron chi connectivity index (χ0n) is 18.9. The summed E-state index contributed by atoms with van der Waals surface area (Å²) in [6.07, 6.45) is 0. The Balaban J connectivity index is 1.44. The first kappa shape index (κ1) is 19.8. The lowest BCUT2D eigenvalue weighted by Gasteiger charge is -2.20. The Bertz CT molecular complexity index is 1550. The molecule has 1 heteroatoms. The molecule has 2 aliphatic rings. The van der Waals surface area contributed by atoms with Crippen LogP contribution in [0.5, 0.6) is 0 Å². The third-order valence-electron chi connectivity index (χ3n) is 7.52. The van der Waals surface area contributed by atoms with Gasteiger partial charge in [-0.05, 0) is 74.7 Å². The SMILES string of the molecule is Cc1ccc2c(c1)-c1ccccc1C2c1cc(Cl)cc(C2c3ccccc3-c3ccccc32)c1. The van der Waals surface area contributed by atoms with Crippen molar-refractivity contribution in [1.29, 1.82) is 0 Å². The van der Waals surface area contributed by atoms with Crippen LogP contribution in [0, 0.1) is 6.92 Å². The lowest BCUT2D eigenvalue weighted by molar-refractivity contribution is 0.972. The maximum Gasteiger partial charge on any atom is 0.0412 e. The van der Waals surface area contributed by atoms with E-state index in [0.717, 1.165) is 5.02 Å². The van der Waals surface area contributed by atoms with Gasteiger partial charge in [-0.1, -0.05) is 114 Å². The van der Waals surface area contributed by atoms with Crippen LogP contribution in [0.2, 0.25) is 5.02 Å². The number of rotatable bonds is 2. The Morgan fingerprint density at radius 1 is 0.471 bits per heavy atom. The van der Waals surface area contributed by atoms with E-state index in [1.807, 2.05) is 0 Å². The van der Waals surface area contributed by atoms with Crippen LogP contribution in [0.15, 0.2) is 109 Å². The second-order valence-corrected chi connectivity index (χ2v) is 9.97. The zero-order valence-corrected chi connectivity index (χ0v) is 19.7. The van der Waals surface area contributed by atoms with E-state index in [1.54, 1.807) is 0 Å². The molecular weight excluding hydrogens is 432 g/mol. The van der Waals surface area contributed by atoms with Gasteiger partial charge in [-0.2, -0.15) is 0 Å². The summed E-state index contributed by atoms with van der Waals surface area (Å²) >= 11 is 6.84. The Morgan fingerprint density at radius 3 is 1.44 bits per heavy atom. The maximum absolute atomic E-state index is 6.84. The molecule has 0 aromatic heterocycles. The van der Waals surface area contributed by atoms with Gasteiger partial charge in [-0.3, -0.25) is 0 Å². The first-order valence-electron chi connectivity index (χ1n) is 11.9. The highest BCUT2D eigenvalue weighted by Gasteiger charge is 2.33. The van der Waals surface area contributed by atoms with E-state index in [0.29, 0.717) is 0 Å². The average molecular weight is 455 g/mol. The van der Waals surface area contributed by atoms with E-state index in [-0.39, 0.29) is 11.8 Å². The Hall–Kier alpha value is -3.61. The number of hydrogen-bond donors (Lipinski definition) is 0. The molecule has 0 saturated heterocycles. The quantitative estimate of drug-likeness (QED) is 0.244. The fraction of sp³-hybridized carbons (Fsp3) is 0.0909. The predicted octanol–water partition coefficient (Wildman–Crippen LogP) is 8.97. The first-order chi connectivity index (χ1) is 16.7. The third-order valence-corrected chi connectivity index (χ3v) is 7.74. The molecule has 0 aliphatic heterocycles. The van der Waals surface area contributed by atoms with Crippen LogP contribution in [0.25, 0.3) is 22.3 Å². The molecule has 0 N–H and O–H groups in total. The fourth-order valence-corrected chi connectivity index (χ4v) is 6.41. The van der Waals surface area contributed by atoms with Crippen LogP contribution < -0.4 is 0 Å². The van der Waals surface area contributed by atoms with Crippen molar-refractivity contribution >= 4 is 11.6 Å². The molecule has 2 aliphatic carbocycles. The summed E-state index contributed by atoms with van der Waals surface area (Å²) in [6.45, 7) is 2.17. The largest absolute Gasteiger partial charge is 0.0843 e. The van der Waals surface area contributed by atoms with Gasteiger partial charge in [0.1, 0.15) is 0 Å². The number of benzene rings is 5. The van der Waals surface area contributed by atoms with Crippen LogP contribution in [0.3, 0.4) is 0 Å². The molecule has 5 aromatic carbocycles. The monoisotopic (exact) mass is 454 g/mol. The Labute approximate surface area is 205 Å². The molecule has 162 valence electrons. The van der Waals surface area contributed by atoms with E-state index < -0.39 is 0 Å². The molecule has 0 saturated carbocycles. The molecule has 5 aromatic rings. The van der Waals surface area contributed by atoms with Crippen LogP contribution in [0.4, 0.5) is 0 Å².